The fourth-order valence-corrected chi connectivity index (χ4v) is 2.30. The van der Waals surface area contributed by atoms with Crippen molar-refractivity contribution in [1.29, 1.82) is 0 Å². The first-order valence-corrected chi connectivity index (χ1v) is 6.86. The van der Waals surface area contributed by atoms with E-state index in [-0.39, 0.29) is 11.6 Å². The minimum atomic E-state index is -0.616. The van der Waals surface area contributed by atoms with Gasteiger partial charge in [0.2, 0.25) is 5.91 Å². The Hall–Kier alpha value is -1.95. The van der Waals surface area contributed by atoms with Gasteiger partial charge in [-0.3, -0.25) is 14.8 Å². The second-order valence-electron chi connectivity index (χ2n) is 4.91. The Morgan fingerprint density at radius 3 is 2.95 bits per heavy atom. The van der Waals surface area contributed by atoms with Gasteiger partial charge in [-0.1, -0.05) is 19.4 Å². The maximum atomic E-state index is 12.0. The van der Waals surface area contributed by atoms with E-state index in [2.05, 4.69) is 11.9 Å². The molecule has 0 bridgehead atoms. The van der Waals surface area contributed by atoms with Crippen LogP contribution in [0.15, 0.2) is 12.1 Å². The van der Waals surface area contributed by atoms with E-state index in [1.807, 2.05) is 4.90 Å². The number of nitrogens with one attached hydrogen (secondary N) is 1. The van der Waals surface area contributed by atoms with Gasteiger partial charge in [-0.25, -0.2) is 10.5 Å². The summed E-state index contributed by atoms with van der Waals surface area (Å²) in [5, 5.41) is 8.60. The number of nitrogens with zero attached hydrogens (tertiary/aromatic N) is 2. The molecule has 0 aliphatic carbocycles. The molecule has 2 N–H and O–H groups in total. The number of rotatable bonds is 4. The smallest absolute Gasteiger partial charge is 0.293 e. The van der Waals surface area contributed by atoms with E-state index < -0.39 is 5.91 Å². The number of unbranched alkanes of at least 4 members (excludes halogenated alkanes) is 1. The molecule has 0 saturated heterocycles. The Morgan fingerprint density at radius 1 is 1.45 bits per heavy atom. The zero-order chi connectivity index (χ0) is 14.5. The summed E-state index contributed by atoms with van der Waals surface area (Å²) in [7, 11) is 0. The molecule has 0 spiro atoms. The number of hydrogen-bond donors (Lipinski definition) is 2. The molecule has 20 heavy (non-hydrogen) atoms. The summed E-state index contributed by atoms with van der Waals surface area (Å²) in [5.74, 6) is -0.441. The predicted octanol–water partition coefficient (Wildman–Crippen LogP) is 1.28. The normalized spacial score (nSPS) is 13.8. The minimum Gasteiger partial charge on any atom is -0.338 e. The largest absolute Gasteiger partial charge is 0.338 e. The van der Waals surface area contributed by atoms with Crippen LogP contribution in [0.1, 0.15) is 47.9 Å². The molecule has 0 unspecified atom stereocenters. The van der Waals surface area contributed by atoms with Gasteiger partial charge in [-0.05, 0) is 18.1 Å². The number of hydrogen-bond acceptors (Lipinski definition) is 4. The molecule has 2 heterocycles. The Kier molecular flexibility index (Phi) is 4.68. The highest BCUT2D eigenvalue weighted by Gasteiger charge is 2.22. The zero-order valence-electron chi connectivity index (χ0n) is 11.6. The highest BCUT2D eigenvalue weighted by atomic mass is 16.5. The molecule has 0 radical (unpaired) electrons. The van der Waals surface area contributed by atoms with Crippen LogP contribution in [0.5, 0.6) is 0 Å². The van der Waals surface area contributed by atoms with Crippen molar-refractivity contribution < 1.29 is 14.8 Å². The van der Waals surface area contributed by atoms with Crippen LogP contribution in [0.25, 0.3) is 0 Å². The first-order chi connectivity index (χ1) is 9.65. The summed E-state index contributed by atoms with van der Waals surface area (Å²) in [6.45, 7) is 3.25. The van der Waals surface area contributed by atoms with Crippen LogP contribution < -0.4 is 5.48 Å². The first-order valence-electron chi connectivity index (χ1n) is 6.86. The van der Waals surface area contributed by atoms with Crippen LogP contribution >= 0.6 is 0 Å². The number of amides is 2. The van der Waals surface area contributed by atoms with E-state index in [1.165, 1.54) is 0 Å². The topological polar surface area (TPSA) is 82.5 Å². The number of carbonyl (C=O) groups excluding carboxylic acids is 2. The van der Waals surface area contributed by atoms with Crippen molar-refractivity contribution in [1.82, 2.24) is 15.4 Å². The summed E-state index contributed by atoms with van der Waals surface area (Å²) in [5.41, 5.74) is 3.56. The van der Waals surface area contributed by atoms with Crippen molar-refractivity contribution in [2.75, 3.05) is 6.54 Å². The monoisotopic (exact) mass is 277 g/mol. The molecule has 1 aliphatic heterocycles. The van der Waals surface area contributed by atoms with E-state index >= 15 is 0 Å². The van der Waals surface area contributed by atoms with E-state index in [0.717, 1.165) is 24.1 Å². The summed E-state index contributed by atoms with van der Waals surface area (Å²) in [6, 6.07) is 3.36. The Morgan fingerprint density at radius 2 is 2.25 bits per heavy atom. The maximum Gasteiger partial charge on any atom is 0.293 e. The summed E-state index contributed by atoms with van der Waals surface area (Å²) >= 11 is 0. The number of hydroxylamine groups is 1. The third kappa shape index (κ3) is 3.14. The van der Waals surface area contributed by atoms with Gasteiger partial charge in [0, 0.05) is 31.6 Å². The van der Waals surface area contributed by atoms with Crippen LogP contribution in [0.4, 0.5) is 0 Å². The summed E-state index contributed by atoms with van der Waals surface area (Å²) in [6.07, 6.45) is 3.15. The molecule has 6 nitrogen and oxygen atoms in total. The van der Waals surface area contributed by atoms with Crippen molar-refractivity contribution >= 4 is 11.8 Å². The zero-order valence-corrected chi connectivity index (χ0v) is 11.6. The molecule has 108 valence electrons. The Balaban J connectivity index is 2.08. The molecular formula is C14H19N3O3. The van der Waals surface area contributed by atoms with Crippen molar-refractivity contribution in [3.63, 3.8) is 0 Å². The number of pyridine rings is 1. The lowest BCUT2D eigenvalue weighted by Gasteiger charge is -2.28. The van der Waals surface area contributed by atoms with E-state index in [4.69, 9.17) is 5.21 Å². The molecule has 0 fully saturated rings. The van der Waals surface area contributed by atoms with Crippen LogP contribution in [-0.4, -0.2) is 33.5 Å². The van der Waals surface area contributed by atoms with Gasteiger partial charge in [-0.15, -0.1) is 0 Å². The fraction of sp³-hybridized carbons (Fsp3) is 0.500. The molecule has 2 amide bonds. The number of fused-ring (bicyclic) bond motifs is 1. The van der Waals surface area contributed by atoms with Gasteiger partial charge in [0.25, 0.3) is 5.91 Å². The molecular weight excluding hydrogens is 258 g/mol. The van der Waals surface area contributed by atoms with Crippen molar-refractivity contribution in [3.05, 3.63) is 29.1 Å². The molecule has 0 aromatic carbocycles. The van der Waals surface area contributed by atoms with E-state index in [9.17, 15) is 9.59 Å². The lowest BCUT2D eigenvalue weighted by molar-refractivity contribution is -0.132. The van der Waals surface area contributed by atoms with Crippen LogP contribution in [-0.2, 0) is 17.8 Å². The molecule has 0 saturated carbocycles. The highest BCUT2D eigenvalue weighted by molar-refractivity contribution is 5.91. The second kappa shape index (κ2) is 6.47. The summed E-state index contributed by atoms with van der Waals surface area (Å²) in [4.78, 5) is 29.4. The SMILES string of the molecule is CCCCC(=O)N1CCc2nc(C(=O)NO)ccc2C1. The maximum absolute atomic E-state index is 12.0. The molecule has 1 aliphatic rings. The van der Waals surface area contributed by atoms with Gasteiger partial charge >= 0.3 is 0 Å². The third-order valence-corrected chi connectivity index (χ3v) is 3.48. The second-order valence-corrected chi connectivity index (χ2v) is 4.91. The van der Waals surface area contributed by atoms with Crippen molar-refractivity contribution in [2.24, 2.45) is 0 Å². The predicted molar refractivity (Wildman–Crippen MR) is 72.1 cm³/mol. The quantitative estimate of drug-likeness (QED) is 0.641. The third-order valence-electron chi connectivity index (χ3n) is 3.48. The van der Waals surface area contributed by atoms with Gasteiger partial charge in [-0.2, -0.15) is 0 Å². The number of aromatic nitrogens is 1. The molecule has 2 rings (SSSR count). The van der Waals surface area contributed by atoms with Crippen LogP contribution in [0.2, 0.25) is 0 Å². The lowest BCUT2D eigenvalue weighted by atomic mass is 10.0. The first kappa shape index (κ1) is 14.5. The van der Waals surface area contributed by atoms with Crippen LogP contribution in [0, 0.1) is 0 Å². The van der Waals surface area contributed by atoms with Gasteiger partial charge in [0.05, 0.1) is 0 Å². The molecule has 0 atom stereocenters. The van der Waals surface area contributed by atoms with Crippen molar-refractivity contribution in [3.8, 4) is 0 Å². The Labute approximate surface area is 117 Å². The highest BCUT2D eigenvalue weighted by Crippen LogP contribution is 2.19. The van der Waals surface area contributed by atoms with Crippen LogP contribution in [0.3, 0.4) is 0 Å². The van der Waals surface area contributed by atoms with Gasteiger partial charge in [0.15, 0.2) is 0 Å². The van der Waals surface area contributed by atoms with Gasteiger partial charge in [0.1, 0.15) is 5.69 Å². The Bertz CT molecular complexity index is 516. The minimum absolute atomic E-state index is 0.176. The summed E-state index contributed by atoms with van der Waals surface area (Å²) < 4.78 is 0. The molecule has 6 heteroatoms. The molecule has 1 aromatic rings. The average Bonchev–Trinajstić information content (AvgIpc) is 2.50. The fourth-order valence-electron chi connectivity index (χ4n) is 2.30. The number of carbonyl (C=O) groups is 2. The average molecular weight is 277 g/mol. The standard InChI is InChI=1S/C14H19N3O3/c1-2-3-4-13(18)17-8-7-11-10(9-17)5-6-12(15-11)14(19)16-20/h5-6,20H,2-4,7-9H2,1H3,(H,16,19). The molecule has 1 aromatic heterocycles. The lowest BCUT2D eigenvalue weighted by Crippen LogP contribution is -2.36. The van der Waals surface area contributed by atoms with Crippen molar-refractivity contribution in [2.45, 2.75) is 39.2 Å². The van der Waals surface area contributed by atoms with Gasteiger partial charge < -0.3 is 4.90 Å². The van der Waals surface area contributed by atoms with E-state index in [0.29, 0.717) is 25.9 Å². The van der Waals surface area contributed by atoms with E-state index in [1.54, 1.807) is 17.6 Å².